The van der Waals surface area contributed by atoms with E-state index in [-0.39, 0.29) is 24.8 Å². The van der Waals surface area contributed by atoms with E-state index in [0.717, 1.165) is 5.54 Å². The third-order valence-electron chi connectivity index (χ3n) is 6.00. The van der Waals surface area contributed by atoms with Gasteiger partial charge in [-0.3, -0.25) is 0 Å². The van der Waals surface area contributed by atoms with Crippen LogP contribution in [-0.2, 0) is 22.9 Å². The van der Waals surface area contributed by atoms with E-state index in [1.165, 1.54) is 25.7 Å². The van der Waals surface area contributed by atoms with E-state index in [0.29, 0.717) is 0 Å². The van der Waals surface area contributed by atoms with Crippen molar-refractivity contribution in [3.05, 3.63) is 60.3 Å². The molecule has 1 fully saturated rings. The van der Waals surface area contributed by atoms with Crippen molar-refractivity contribution in [3.8, 4) is 0 Å². The van der Waals surface area contributed by atoms with Crippen molar-refractivity contribution >= 4 is 14.1 Å². The largest absolute Gasteiger partial charge is 1.00 e. The first-order valence-electron chi connectivity index (χ1n) is 9.26. The van der Waals surface area contributed by atoms with Crippen LogP contribution in [0.1, 0.15) is 49.3 Å². The molecule has 1 atom stereocenters. The summed E-state index contributed by atoms with van der Waals surface area (Å²) in [6, 6.07) is 14.1. The minimum atomic E-state index is -1.08. The van der Waals surface area contributed by atoms with Gasteiger partial charge in [-0.1, -0.05) is 0 Å². The zero-order valence-electron chi connectivity index (χ0n) is 14.9. The fourth-order valence-electron chi connectivity index (χ4n) is 4.66. The fraction of sp³-hybridized carbons (Fsp3) is 0.429. The molecule has 1 aromatic carbocycles. The molecule has 1 heterocycles. The number of halogens is 2. The van der Waals surface area contributed by atoms with Crippen LogP contribution in [0.4, 0.5) is 0 Å². The molecule has 0 bridgehead atoms. The van der Waals surface area contributed by atoms with Crippen LogP contribution in [0.5, 0.6) is 0 Å². The van der Waals surface area contributed by atoms with Gasteiger partial charge in [0, 0.05) is 0 Å². The molecular weight excluding hydrogens is 530 g/mol. The first kappa shape index (κ1) is 21.4. The summed E-state index contributed by atoms with van der Waals surface area (Å²) in [4.78, 5) is 0. The van der Waals surface area contributed by atoms with Crippen molar-refractivity contribution in [2.75, 3.05) is 0 Å². The Morgan fingerprint density at radius 2 is 1.96 bits per heavy atom. The van der Waals surface area contributed by atoms with Crippen LogP contribution >= 0.6 is 0 Å². The van der Waals surface area contributed by atoms with Crippen LogP contribution in [0.2, 0.25) is 18.1 Å². The van der Waals surface area contributed by atoms with Crippen molar-refractivity contribution in [1.82, 2.24) is 0 Å². The Labute approximate surface area is 177 Å². The van der Waals surface area contributed by atoms with Gasteiger partial charge in [0.25, 0.3) is 0 Å². The zero-order chi connectivity index (χ0) is 15.7. The SMILES string of the molecule is CCCC[Si]1(C2[C]([Hf+2][C]3=CC=CC3)=Cc3ccccc32)CCC1.[Cl-].[Cl-]. The summed E-state index contributed by atoms with van der Waals surface area (Å²) in [6.45, 7) is 2.37. The van der Waals surface area contributed by atoms with E-state index in [4.69, 9.17) is 0 Å². The van der Waals surface area contributed by atoms with Crippen molar-refractivity contribution in [3.63, 3.8) is 0 Å². The van der Waals surface area contributed by atoms with E-state index in [9.17, 15) is 0 Å². The third-order valence-corrected chi connectivity index (χ3v) is 18.0. The molecule has 4 rings (SSSR count). The standard InChI is InChI=1S/C16H21Si.C5H5.2ClH.Hf/c1-2-3-11-17(12-6-13-17)16-10-9-14-7-4-5-8-15(14)16;1-2-4-5-3-1;;;/h4-5,7-9,16H,2-3,6,11-13H2,1H3;1-3H,4H2;2*1H;/q;;;;+2/p-2. The Bertz CT molecular complexity index is 689. The van der Waals surface area contributed by atoms with Crippen LogP contribution in [0.25, 0.3) is 6.08 Å². The number of fused-ring (bicyclic) bond motifs is 1. The number of unbranched alkanes of at least 4 members (excludes halogenated alkanes) is 1. The van der Waals surface area contributed by atoms with Gasteiger partial charge in [0.1, 0.15) is 0 Å². The van der Waals surface area contributed by atoms with Crippen molar-refractivity contribution < 1.29 is 47.7 Å². The Balaban J connectivity index is 0.00000113. The number of benzene rings is 1. The molecule has 0 N–H and O–H groups in total. The molecule has 0 radical (unpaired) electrons. The number of hydrogen-bond donors (Lipinski definition) is 0. The first-order chi connectivity index (χ1) is 11.3. The minimum absolute atomic E-state index is 0. The Morgan fingerprint density at radius 3 is 2.60 bits per heavy atom. The second-order valence-corrected chi connectivity index (χ2v) is 17.5. The minimum Gasteiger partial charge on any atom is -1.00 e. The van der Waals surface area contributed by atoms with E-state index in [2.05, 4.69) is 55.5 Å². The van der Waals surface area contributed by atoms with E-state index in [1.54, 1.807) is 29.3 Å². The Kier molecular flexibility index (Phi) is 8.00. The zero-order valence-corrected chi connectivity index (χ0v) is 21.0. The molecule has 1 aromatic rings. The van der Waals surface area contributed by atoms with Gasteiger partial charge in [-0.2, -0.15) is 0 Å². The molecule has 132 valence electrons. The average Bonchev–Trinajstić information content (AvgIpc) is 3.15. The fourth-order valence-corrected chi connectivity index (χ4v) is 18.6. The predicted octanol–water partition coefficient (Wildman–Crippen LogP) is 0.251. The quantitative estimate of drug-likeness (QED) is 0.442. The van der Waals surface area contributed by atoms with Gasteiger partial charge in [-0.15, -0.1) is 0 Å². The van der Waals surface area contributed by atoms with Gasteiger partial charge in [0.2, 0.25) is 0 Å². The van der Waals surface area contributed by atoms with E-state index < -0.39 is 31.0 Å². The first-order valence-corrected chi connectivity index (χ1v) is 15.5. The maximum Gasteiger partial charge on any atom is -1.00 e. The number of hydrogen-bond acceptors (Lipinski definition) is 0. The van der Waals surface area contributed by atoms with E-state index in [1.807, 2.05) is 6.66 Å². The molecule has 1 aliphatic heterocycles. The second kappa shape index (κ2) is 9.35. The molecule has 0 spiro atoms. The van der Waals surface area contributed by atoms with Crippen LogP contribution in [0.15, 0.2) is 49.2 Å². The van der Waals surface area contributed by atoms with Crippen molar-refractivity contribution in [1.29, 1.82) is 0 Å². The molecule has 25 heavy (non-hydrogen) atoms. The van der Waals surface area contributed by atoms with Crippen molar-refractivity contribution in [2.45, 2.75) is 56.3 Å². The summed E-state index contributed by atoms with van der Waals surface area (Å²) in [7, 11) is -1.08. The van der Waals surface area contributed by atoms with E-state index >= 15 is 0 Å². The molecule has 1 saturated heterocycles. The summed E-state index contributed by atoms with van der Waals surface area (Å²) >= 11 is -0.810. The molecule has 0 amide bonds. The molecule has 4 heteroatoms. The maximum absolute atomic E-state index is 2.64. The van der Waals surface area contributed by atoms with Crippen molar-refractivity contribution in [2.24, 2.45) is 0 Å². The number of rotatable bonds is 6. The van der Waals surface area contributed by atoms with Gasteiger partial charge in [0.15, 0.2) is 0 Å². The Hall–Kier alpha value is 0.107. The topological polar surface area (TPSA) is 0 Å². The monoisotopic (exact) mass is 556 g/mol. The molecule has 2 aliphatic carbocycles. The Morgan fingerprint density at radius 1 is 1.16 bits per heavy atom. The van der Waals surface area contributed by atoms with Gasteiger partial charge in [-0.25, -0.2) is 0 Å². The van der Waals surface area contributed by atoms with Crippen LogP contribution in [0, 0.1) is 0 Å². The average molecular weight is 556 g/mol. The smallest absolute Gasteiger partial charge is 1.00 e. The molecule has 0 nitrogen and oxygen atoms in total. The third kappa shape index (κ3) is 4.18. The predicted molar refractivity (Wildman–Crippen MR) is 98.7 cm³/mol. The number of allylic oxidation sites excluding steroid dienone is 5. The van der Waals surface area contributed by atoms with Crippen LogP contribution < -0.4 is 24.8 Å². The summed E-state index contributed by atoms with van der Waals surface area (Å²) in [5, 5.41) is 0. The molecule has 0 aromatic heterocycles. The summed E-state index contributed by atoms with van der Waals surface area (Å²) < 4.78 is 3.76. The summed E-state index contributed by atoms with van der Waals surface area (Å²) in [6.07, 6.45) is 15.3. The molecule has 3 aliphatic rings. The molecular formula is C21H26Cl2HfSi. The van der Waals surface area contributed by atoms with Gasteiger partial charge < -0.3 is 24.8 Å². The summed E-state index contributed by atoms with van der Waals surface area (Å²) in [5.41, 5.74) is 4.20. The molecule has 1 unspecified atom stereocenters. The van der Waals surface area contributed by atoms with Gasteiger partial charge >= 0.3 is 154 Å². The second-order valence-electron chi connectivity index (χ2n) is 7.43. The summed E-state index contributed by atoms with van der Waals surface area (Å²) in [5.74, 6) is 0. The van der Waals surface area contributed by atoms with Crippen LogP contribution in [0.3, 0.4) is 0 Å². The normalized spacial score (nSPS) is 21.9. The van der Waals surface area contributed by atoms with Gasteiger partial charge in [-0.05, 0) is 0 Å². The van der Waals surface area contributed by atoms with Gasteiger partial charge in [0.05, 0.1) is 0 Å². The van der Waals surface area contributed by atoms with Crippen LogP contribution in [-0.4, -0.2) is 8.07 Å². The molecule has 0 saturated carbocycles. The maximum atomic E-state index is 2.64.